The minimum atomic E-state index is -1.12. The number of rotatable bonds is 7. The molecule has 0 amide bonds. The zero-order chi connectivity index (χ0) is 22.0. The molecule has 1 aliphatic carbocycles. The van der Waals surface area contributed by atoms with E-state index in [1.165, 1.54) is 11.6 Å². The molecule has 2 aromatic carbocycles. The molecule has 0 spiro atoms. The van der Waals surface area contributed by atoms with Crippen LogP contribution in [0.25, 0.3) is 0 Å². The Morgan fingerprint density at radius 1 is 0.968 bits per heavy atom. The maximum Gasteiger partial charge on any atom is 0.205 e. The Morgan fingerprint density at radius 2 is 1.74 bits per heavy atom. The van der Waals surface area contributed by atoms with E-state index in [1.54, 1.807) is 12.1 Å². The fourth-order valence-electron chi connectivity index (χ4n) is 4.49. The highest BCUT2D eigenvalue weighted by Crippen LogP contribution is 2.43. The summed E-state index contributed by atoms with van der Waals surface area (Å²) in [6, 6.07) is 5.04. The Bertz CT molecular complexity index is 997. The molecule has 0 N–H and O–H groups in total. The van der Waals surface area contributed by atoms with Crippen LogP contribution in [-0.2, 0) is 12.8 Å². The van der Waals surface area contributed by atoms with Crippen LogP contribution in [0.1, 0.15) is 69.1 Å². The lowest BCUT2D eigenvalue weighted by atomic mass is 9.88. The lowest BCUT2D eigenvalue weighted by Gasteiger charge is -2.25. The summed E-state index contributed by atoms with van der Waals surface area (Å²) in [5, 5.41) is 0. The van der Waals surface area contributed by atoms with Crippen molar-refractivity contribution in [1.29, 1.82) is 0 Å². The van der Waals surface area contributed by atoms with E-state index in [2.05, 4.69) is 13.0 Å². The smallest absolute Gasteiger partial charge is 0.205 e. The van der Waals surface area contributed by atoms with Crippen LogP contribution in [0, 0.1) is 23.4 Å². The molecular formula is C26H29F3O2. The van der Waals surface area contributed by atoms with Gasteiger partial charge in [-0.3, -0.25) is 0 Å². The van der Waals surface area contributed by atoms with E-state index in [0.29, 0.717) is 35.6 Å². The molecule has 1 unspecified atom stereocenters. The van der Waals surface area contributed by atoms with E-state index in [-0.39, 0.29) is 23.7 Å². The topological polar surface area (TPSA) is 18.5 Å². The quantitative estimate of drug-likeness (QED) is 0.358. The first-order chi connectivity index (χ1) is 15.0. The van der Waals surface area contributed by atoms with Gasteiger partial charge in [0.2, 0.25) is 11.6 Å². The van der Waals surface area contributed by atoms with Crippen molar-refractivity contribution in [3.05, 3.63) is 64.0 Å². The van der Waals surface area contributed by atoms with Gasteiger partial charge in [-0.2, -0.15) is 8.78 Å². The summed E-state index contributed by atoms with van der Waals surface area (Å²) in [6.07, 6.45) is 9.09. The Hall–Kier alpha value is -2.43. The van der Waals surface area contributed by atoms with Crippen molar-refractivity contribution in [2.45, 2.75) is 65.2 Å². The molecule has 5 heteroatoms. The van der Waals surface area contributed by atoms with Crippen LogP contribution >= 0.6 is 0 Å². The summed E-state index contributed by atoms with van der Waals surface area (Å²) in [5.74, 6) is -2.73. The SMILES string of the molecule is CCCC1=CCC(COc2cc3c(c(F)c2F)Oc2c(ccc(CCC)c2F)C3)CC1. The first-order valence-corrected chi connectivity index (χ1v) is 11.3. The predicted octanol–water partition coefficient (Wildman–Crippen LogP) is 7.66. The minimum absolute atomic E-state index is 0.00212. The summed E-state index contributed by atoms with van der Waals surface area (Å²) in [6.45, 7) is 4.47. The zero-order valence-electron chi connectivity index (χ0n) is 18.2. The van der Waals surface area contributed by atoms with Gasteiger partial charge in [-0.15, -0.1) is 0 Å². The fraction of sp³-hybridized carbons (Fsp3) is 0.462. The average Bonchev–Trinajstić information content (AvgIpc) is 2.78. The number of benzene rings is 2. The van der Waals surface area contributed by atoms with Gasteiger partial charge in [0.15, 0.2) is 23.1 Å². The molecule has 2 aliphatic rings. The number of aryl methyl sites for hydroxylation is 1. The first kappa shape index (κ1) is 21.8. The van der Waals surface area contributed by atoms with Crippen molar-refractivity contribution >= 4 is 0 Å². The second-order valence-electron chi connectivity index (χ2n) is 8.61. The van der Waals surface area contributed by atoms with E-state index < -0.39 is 17.5 Å². The van der Waals surface area contributed by atoms with E-state index in [4.69, 9.17) is 9.47 Å². The third-order valence-electron chi connectivity index (χ3n) is 6.23. The molecule has 31 heavy (non-hydrogen) atoms. The average molecular weight is 431 g/mol. The van der Waals surface area contributed by atoms with Gasteiger partial charge in [0.25, 0.3) is 0 Å². The van der Waals surface area contributed by atoms with E-state index in [1.807, 2.05) is 6.92 Å². The Morgan fingerprint density at radius 3 is 2.45 bits per heavy atom. The predicted molar refractivity (Wildman–Crippen MR) is 115 cm³/mol. The summed E-state index contributed by atoms with van der Waals surface area (Å²) in [5.41, 5.74) is 3.10. The minimum Gasteiger partial charge on any atom is -0.490 e. The summed E-state index contributed by atoms with van der Waals surface area (Å²) in [7, 11) is 0. The first-order valence-electron chi connectivity index (χ1n) is 11.3. The molecule has 0 fully saturated rings. The van der Waals surface area contributed by atoms with Gasteiger partial charge in [0.05, 0.1) is 6.61 Å². The lowest BCUT2D eigenvalue weighted by Crippen LogP contribution is -2.16. The summed E-state index contributed by atoms with van der Waals surface area (Å²) in [4.78, 5) is 0. The van der Waals surface area contributed by atoms with Crippen LogP contribution < -0.4 is 9.47 Å². The van der Waals surface area contributed by atoms with E-state index in [0.717, 1.165) is 38.5 Å². The second-order valence-corrected chi connectivity index (χ2v) is 8.61. The van der Waals surface area contributed by atoms with E-state index in [9.17, 15) is 13.2 Å². The highest BCUT2D eigenvalue weighted by Gasteiger charge is 2.29. The molecule has 0 radical (unpaired) electrons. The molecule has 166 valence electrons. The van der Waals surface area contributed by atoms with Crippen LogP contribution in [0.2, 0.25) is 0 Å². The van der Waals surface area contributed by atoms with Crippen LogP contribution in [0.3, 0.4) is 0 Å². The molecule has 0 bridgehead atoms. The molecule has 0 saturated carbocycles. The molecule has 1 atom stereocenters. The normalized spacial score (nSPS) is 17.5. The van der Waals surface area contributed by atoms with Crippen molar-refractivity contribution in [2.75, 3.05) is 6.61 Å². The molecule has 1 aliphatic heterocycles. The monoisotopic (exact) mass is 430 g/mol. The molecule has 0 aromatic heterocycles. The Balaban J connectivity index is 1.51. The van der Waals surface area contributed by atoms with Gasteiger partial charge in [0, 0.05) is 17.5 Å². The van der Waals surface area contributed by atoms with Crippen molar-refractivity contribution in [3.63, 3.8) is 0 Å². The van der Waals surface area contributed by atoms with Crippen molar-refractivity contribution < 1.29 is 22.6 Å². The number of hydrogen-bond donors (Lipinski definition) is 0. The molecule has 0 saturated heterocycles. The van der Waals surface area contributed by atoms with Gasteiger partial charge >= 0.3 is 0 Å². The highest BCUT2D eigenvalue weighted by molar-refractivity contribution is 5.54. The summed E-state index contributed by atoms with van der Waals surface area (Å²) < 4.78 is 55.5. The van der Waals surface area contributed by atoms with Crippen LogP contribution in [0.4, 0.5) is 13.2 Å². The Kier molecular flexibility index (Phi) is 6.59. The third-order valence-corrected chi connectivity index (χ3v) is 6.23. The maximum absolute atomic E-state index is 14.8. The molecule has 1 heterocycles. The van der Waals surface area contributed by atoms with Crippen molar-refractivity contribution in [1.82, 2.24) is 0 Å². The van der Waals surface area contributed by atoms with Crippen LogP contribution in [-0.4, -0.2) is 6.61 Å². The second kappa shape index (κ2) is 9.37. The van der Waals surface area contributed by atoms with Gasteiger partial charge < -0.3 is 9.47 Å². The number of hydrogen-bond acceptors (Lipinski definition) is 2. The van der Waals surface area contributed by atoms with Gasteiger partial charge in [0.1, 0.15) is 0 Å². The number of fused-ring (bicyclic) bond motifs is 2. The van der Waals surface area contributed by atoms with Gasteiger partial charge in [-0.25, -0.2) is 4.39 Å². The lowest BCUT2D eigenvalue weighted by molar-refractivity contribution is 0.224. The van der Waals surface area contributed by atoms with Crippen LogP contribution in [0.15, 0.2) is 29.8 Å². The molecule has 2 aromatic rings. The Labute approximate surface area is 182 Å². The fourth-order valence-corrected chi connectivity index (χ4v) is 4.49. The van der Waals surface area contributed by atoms with Crippen LogP contribution in [0.5, 0.6) is 17.2 Å². The van der Waals surface area contributed by atoms with Crippen molar-refractivity contribution in [2.24, 2.45) is 5.92 Å². The maximum atomic E-state index is 14.8. The third kappa shape index (κ3) is 4.46. The largest absolute Gasteiger partial charge is 0.490 e. The number of ether oxygens (including phenoxy) is 2. The zero-order valence-corrected chi connectivity index (χ0v) is 18.2. The van der Waals surface area contributed by atoms with Gasteiger partial charge in [-0.05, 0) is 49.7 Å². The molecule has 2 nitrogen and oxygen atoms in total. The molecular weight excluding hydrogens is 401 g/mol. The highest BCUT2D eigenvalue weighted by atomic mass is 19.2. The molecule has 4 rings (SSSR count). The summed E-state index contributed by atoms with van der Waals surface area (Å²) >= 11 is 0. The number of halogens is 3. The van der Waals surface area contributed by atoms with Gasteiger partial charge in [-0.1, -0.05) is 50.5 Å². The van der Waals surface area contributed by atoms with E-state index >= 15 is 0 Å². The number of allylic oxidation sites excluding steroid dienone is 2. The standard InChI is InChI=1S/C26H29F3O2/c1-3-5-16-7-9-17(10-8-16)15-30-21-14-20-13-19-12-11-18(6-4-2)22(27)25(19)31-26(20)24(29)23(21)28/h7,11-12,14,17H,3-6,8-10,13,15H2,1-2H3. The van der Waals surface area contributed by atoms with Crippen molar-refractivity contribution in [3.8, 4) is 17.2 Å².